The van der Waals surface area contributed by atoms with E-state index >= 15 is 0 Å². The van der Waals surface area contributed by atoms with Crippen LogP contribution >= 0.6 is 0 Å². The Morgan fingerprint density at radius 1 is 1.64 bits per heavy atom. The molecule has 0 spiro atoms. The Morgan fingerprint density at radius 3 is 2.73 bits per heavy atom. The van der Waals surface area contributed by atoms with Gasteiger partial charge in [0.15, 0.2) is 0 Å². The molecular formula is C8H13NO2. The van der Waals surface area contributed by atoms with E-state index in [1.165, 1.54) is 0 Å². The Bertz CT molecular complexity index is 194. The maximum absolute atomic E-state index is 5.65. The predicted octanol–water partition coefficient (Wildman–Crippen LogP) is 1.31. The van der Waals surface area contributed by atoms with Gasteiger partial charge in [-0.15, -0.1) is 0 Å². The summed E-state index contributed by atoms with van der Waals surface area (Å²) in [6, 6.07) is 3.63. The molecule has 0 aromatic carbocycles. The minimum Gasteiger partial charge on any atom is -0.467 e. The first-order chi connectivity index (χ1) is 5.25. The summed E-state index contributed by atoms with van der Waals surface area (Å²) >= 11 is 0. The number of hydrogen-bond acceptors (Lipinski definition) is 3. The van der Waals surface area contributed by atoms with E-state index in [-0.39, 0.29) is 12.1 Å². The van der Waals surface area contributed by atoms with Crippen LogP contribution in [-0.2, 0) is 4.74 Å². The molecule has 0 aliphatic carbocycles. The molecule has 1 aromatic heterocycles. The van der Waals surface area contributed by atoms with Gasteiger partial charge in [0.25, 0.3) is 0 Å². The van der Waals surface area contributed by atoms with Gasteiger partial charge in [-0.05, 0) is 19.1 Å². The van der Waals surface area contributed by atoms with Crippen LogP contribution in [-0.4, -0.2) is 13.2 Å². The molecule has 1 heterocycles. The second-order valence-corrected chi connectivity index (χ2v) is 2.53. The molecule has 0 radical (unpaired) electrons. The van der Waals surface area contributed by atoms with E-state index in [0.29, 0.717) is 0 Å². The van der Waals surface area contributed by atoms with Crippen molar-refractivity contribution in [3.05, 3.63) is 24.2 Å². The lowest BCUT2D eigenvalue weighted by molar-refractivity contribution is 0.0669. The molecule has 0 amide bonds. The first-order valence-corrected chi connectivity index (χ1v) is 3.57. The monoisotopic (exact) mass is 155 g/mol. The third-order valence-corrected chi connectivity index (χ3v) is 1.56. The minimum absolute atomic E-state index is 0.0499. The molecule has 0 fully saturated rings. The van der Waals surface area contributed by atoms with Crippen LogP contribution < -0.4 is 5.73 Å². The van der Waals surface area contributed by atoms with Gasteiger partial charge in [0.05, 0.1) is 6.26 Å². The Labute approximate surface area is 66.1 Å². The second kappa shape index (κ2) is 3.55. The maximum atomic E-state index is 5.65. The molecule has 0 saturated heterocycles. The number of rotatable bonds is 3. The number of ether oxygens (including phenoxy) is 1. The van der Waals surface area contributed by atoms with Crippen molar-refractivity contribution in [2.24, 2.45) is 5.73 Å². The lowest BCUT2D eigenvalue weighted by atomic mass is 10.1. The molecule has 0 aliphatic heterocycles. The van der Waals surface area contributed by atoms with Crippen LogP contribution in [0.2, 0.25) is 0 Å². The Kier molecular flexibility index (Phi) is 2.68. The van der Waals surface area contributed by atoms with Crippen LogP contribution in [0.1, 0.15) is 18.8 Å². The normalized spacial score (nSPS) is 16.3. The van der Waals surface area contributed by atoms with Gasteiger partial charge in [-0.2, -0.15) is 0 Å². The lowest BCUT2D eigenvalue weighted by Crippen LogP contribution is -2.25. The van der Waals surface area contributed by atoms with Crippen molar-refractivity contribution in [2.45, 2.75) is 19.1 Å². The minimum atomic E-state index is -0.134. The van der Waals surface area contributed by atoms with E-state index in [0.717, 1.165) is 5.76 Å². The number of nitrogens with two attached hydrogens (primary N) is 1. The summed E-state index contributed by atoms with van der Waals surface area (Å²) in [6.45, 7) is 1.89. The smallest absolute Gasteiger partial charge is 0.134 e. The summed E-state index contributed by atoms with van der Waals surface area (Å²) in [6.07, 6.45) is 1.48. The summed E-state index contributed by atoms with van der Waals surface area (Å²) in [5, 5.41) is 0. The van der Waals surface area contributed by atoms with Crippen LogP contribution in [0.5, 0.6) is 0 Å². The first kappa shape index (κ1) is 8.30. The van der Waals surface area contributed by atoms with Crippen LogP contribution in [0.3, 0.4) is 0 Å². The molecule has 3 heteroatoms. The van der Waals surface area contributed by atoms with Gasteiger partial charge in [-0.25, -0.2) is 0 Å². The van der Waals surface area contributed by atoms with E-state index in [1.807, 2.05) is 19.1 Å². The SMILES string of the molecule is COC(c1ccco1)C(C)N. The quantitative estimate of drug-likeness (QED) is 0.716. The zero-order valence-electron chi connectivity index (χ0n) is 6.78. The van der Waals surface area contributed by atoms with Gasteiger partial charge in [-0.1, -0.05) is 0 Å². The predicted molar refractivity (Wildman–Crippen MR) is 42.1 cm³/mol. The fraction of sp³-hybridized carbons (Fsp3) is 0.500. The molecular weight excluding hydrogens is 142 g/mol. The van der Waals surface area contributed by atoms with Gasteiger partial charge in [0, 0.05) is 13.2 Å². The van der Waals surface area contributed by atoms with Crippen LogP contribution in [0.15, 0.2) is 22.8 Å². The summed E-state index contributed by atoms with van der Waals surface area (Å²) < 4.78 is 10.3. The Balaban J connectivity index is 2.71. The molecule has 0 aliphatic rings. The summed E-state index contributed by atoms with van der Waals surface area (Å²) in [7, 11) is 1.62. The van der Waals surface area contributed by atoms with Crippen molar-refractivity contribution >= 4 is 0 Å². The number of methoxy groups -OCH3 is 1. The van der Waals surface area contributed by atoms with Crippen LogP contribution in [0, 0.1) is 0 Å². The van der Waals surface area contributed by atoms with Gasteiger partial charge in [-0.3, -0.25) is 0 Å². The Hall–Kier alpha value is -0.800. The standard InChI is InChI=1S/C8H13NO2/c1-6(9)8(10-2)7-4-3-5-11-7/h3-6,8H,9H2,1-2H3. The van der Waals surface area contributed by atoms with Crippen molar-refractivity contribution in [1.29, 1.82) is 0 Å². The third kappa shape index (κ3) is 1.82. The molecule has 3 nitrogen and oxygen atoms in total. The van der Waals surface area contributed by atoms with Crippen LogP contribution in [0.25, 0.3) is 0 Å². The van der Waals surface area contributed by atoms with Crippen LogP contribution in [0.4, 0.5) is 0 Å². The second-order valence-electron chi connectivity index (χ2n) is 2.53. The van der Waals surface area contributed by atoms with E-state index < -0.39 is 0 Å². The van der Waals surface area contributed by atoms with E-state index in [4.69, 9.17) is 14.9 Å². The molecule has 62 valence electrons. The lowest BCUT2D eigenvalue weighted by Gasteiger charge is -2.15. The average Bonchev–Trinajstić information content (AvgIpc) is 2.40. The summed E-state index contributed by atoms with van der Waals surface area (Å²) in [4.78, 5) is 0. The summed E-state index contributed by atoms with van der Waals surface area (Å²) in [5.74, 6) is 0.780. The fourth-order valence-corrected chi connectivity index (χ4v) is 1.04. The molecule has 11 heavy (non-hydrogen) atoms. The van der Waals surface area contributed by atoms with Crippen molar-refractivity contribution in [1.82, 2.24) is 0 Å². The van der Waals surface area contributed by atoms with Gasteiger partial charge >= 0.3 is 0 Å². The molecule has 2 N–H and O–H groups in total. The highest BCUT2D eigenvalue weighted by Gasteiger charge is 2.17. The highest BCUT2D eigenvalue weighted by atomic mass is 16.5. The molecule has 1 rings (SSSR count). The maximum Gasteiger partial charge on any atom is 0.134 e. The summed E-state index contributed by atoms with van der Waals surface area (Å²) in [5.41, 5.74) is 5.65. The zero-order chi connectivity index (χ0) is 8.27. The molecule has 0 bridgehead atoms. The fourth-order valence-electron chi connectivity index (χ4n) is 1.04. The molecule has 1 aromatic rings. The topological polar surface area (TPSA) is 48.4 Å². The number of furan rings is 1. The molecule has 0 saturated carbocycles. The highest BCUT2D eigenvalue weighted by Crippen LogP contribution is 2.18. The average molecular weight is 155 g/mol. The van der Waals surface area contributed by atoms with E-state index in [2.05, 4.69) is 0 Å². The van der Waals surface area contributed by atoms with Gasteiger partial charge < -0.3 is 14.9 Å². The largest absolute Gasteiger partial charge is 0.467 e. The van der Waals surface area contributed by atoms with Gasteiger partial charge in [0.2, 0.25) is 0 Å². The number of hydrogen-bond donors (Lipinski definition) is 1. The van der Waals surface area contributed by atoms with Crippen molar-refractivity contribution < 1.29 is 9.15 Å². The van der Waals surface area contributed by atoms with Crippen molar-refractivity contribution in [3.8, 4) is 0 Å². The van der Waals surface area contributed by atoms with E-state index in [1.54, 1.807) is 13.4 Å². The van der Waals surface area contributed by atoms with Gasteiger partial charge in [0.1, 0.15) is 11.9 Å². The van der Waals surface area contributed by atoms with Crippen molar-refractivity contribution in [2.75, 3.05) is 7.11 Å². The van der Waals surface area contributed by atoms with Crippen molar-refractivity contribution in [3.63, 3.8) is 0 Å². The Morgan fingerprint density at radius 2 is 2.36 bits per heavy atom. The first-order valence-electron chi connectivity index (χ1n) is 3.57. The molecule has 2 atom stereocenters. The third-order valence-electron chi connectivity index (χ3n) is 1.56. The zero-order valence-corrected chi connectivity index (χ0v) is 6.78. The highest BCUT2D eigenvalue weighted by molar-refractivity contribution is 5.04. The molecule has 2 unspecified atom stereocenters. The van der Waals surface area contributed by atoms with E-state index in [9.17, 15) is 0 Å².